The second-order valence-electron chi connectivity index (χ2n) is 2.09. The zero-order valence-corrected chi connectivity index (χ0v) is 9.68. The van der Waals surface area contributed by atoms with Gasteiger partial charge in [0.05, 0.1) is 0 Å². The van der Waals surface area contributed by atoms with Crippen LogP contribution in [0.4, 0.5) is 17.3 Å². The number of aromatic nitrogens is 2. The summed E-state index contributed by atoms with van der Waals surface area (Å²) in [6.45, 7) is -5.27. The first-order chi connectivity index (χ1) is 4.93. The monoisotopic (exact) mass is 206 g/mol. The van der Waals surface area contributed by atoms with E-state index in [1.165, 1.54) is 0 Å². The molecule has 12 heavy (non-hydrogen) atoms. The minimum Gasteiger partial charge on any atom is -0.445 e. The molecule has 0 saturated heterocycles. The van der Waals surface area contributed by atoms with Crippen LogP contribution in [-0.2, 0) is 7.05 Å². The zero-order valence-electron chi connectivity index (χ0n) is 6.56. The largest absolute Gasteiger partial charge is 1.00 e. The summed E-state index contributed by atoms with van der Waals surface area (Å²) in [5.41, 5.74) is -1.27. The molecule has 0 aliphatic heterocycles. The summed E-state index contributed by atoms with van der Waals surface area (Å²) in [6.07, 6.45) is 0.481. The quantitative estimate of drug-likeness (QED) is 0.370. The van der Waals surface area contributed by atoms with E-state index in [2.05, 4.69) is 5.10 Å². The Hall–Kier alpha value is 0.631. The van der Waals surface area contributed by atoms with Crippen LogP contribution < -0.4 is 56.8 Å². The van der Waals surface area contributed by atoms with Crippen molar-refractivity contribution in [2.45, 2.75) is 0 Å². The summed E-state index contributed by atoms with van der Waals surface area (Å²) in [4.78, 5) is 0. The van der Waals surface area contributed by atoms with Crippen LogP contribution in [0.15, 0.2) is 6.20 Å². The van der Waals surface area contributed by atoms with Gasteiger partial charge in [0.1, 0.15) is 0 Å². The van der Waals surface area contributed by atoms with E-state index in [1.54, 1.807) is 0 Å². The van der Waals surface area contributed by atoms with Gasteiger partial charge in [0.15, 0.2) is 5.95 Å². The van der Waals surface area contributed by atoms with E-state index in [1.807, 2.05) is 0 Å². The Morgan fingerprint density at radius 2 is 1.92 bits per heavy atom. The summed E-state index contributed by atoms with van der Waals surface area (Å²) in [5.74, 6) is -1.34. The van der Waals surface area contributed by atoms with Crippen molar-refractivity contribution in [1.82, 2.24) is 9.78 Å². The molecule has 0 spiro atoms. The Balaban J connectivity index is 0.00000121. The summed E-state index contributed by atoms with van der Waals surface area (Å²) < 4.78 is 48.5. The van der Waals surface area contributed by atoms with Gasteiger partial charge < -0.3 is 12.9 Å². The number of nitrogens with zero attached hydrogens (tertiary/aromatic N) is 2. The standard InChI is InChI=1S/C4H4BF4N2.K/c1-11-4(6)3(2-10-11)5(7,8)9;/h2H,1H3;/q-1;+1. The summed E-state index contributed by atoms with van der Waals surface area (Å²) in [7, 11) is 1.11. The first-order valence-electron chi connectivity index (χ1n) is 2.80. The van der Waals surface area contributed by atoms with Crippen molar-refractivity contribution in [3.63, 3.8) is 0 Å². The molecule has 0 atom stereocenters. The first-order valence-corrected chi connectivity index (χ1v) is 2.80. The van der Waals surface area contributed by atoms with Gasteiger partial charge in [0, 0.05) is 13.2 Å². The van der Waals surface area contributed by atoms with Gasteiger partial charge in [0.2, 0.25) is 0 Å². The first kappa shape index (κ1) is 12.6. The molecule has 8 heteroatoms. The maximum atomic E-state index is 12.5. The van der Waals surface area contributed by atoms with Gasteiger partial charge in [-0.3, -0.25) is 0 Å². The Morgan fingerprint density at radius 3 is 2.08 bits per heavy atom. The summed E-state index contributed by atoms with van der Waals surface area (Å²) in [6, 6.07) is 0. The van der Waals surface area contributed by atoms with Crippen molar-refractivity contribution in [3.05, 3.63) is 12.1 Å². The van der Waals surface area contributed by atoms with Crippen LogP contribution in [0, 0.1) is 5.95 Å². The second-order valence-corrected chi connectivity index (χ2v) is 2.09. The third-order valence-electron chi connectivity index (χ3n) is 1.24. The Morgan fingerprint density at radius 1 is 1.42 bits per heavy atom. The molecule has 0 N–H and O–H groups in total. The number of hydrogen-bond acceptors (Lipinski definition) is 1. The molecule has 1 aromatic rings. The van der Waals surface area contributed by atoms with Gasteiger partial charge in [-0.15, -0.1) is 0 Å². The van der Waals surface area contributed by atoms with E-state index in [-0.39, 0.29) is 51.4 Å². The Bertz CT molecular complexity index is 271. The van der Waals surface area contributed by atoms with Gasteiger partial charge in [-0.1, -0.05) is 0 Å². The number of aryl methyl sites for hydroxylation is 1. The Labute approximate surface area is 109 Å². The van der Waals surface area contributed by atoms with E-state index in [0.717, 1.165) is 7.05 Å². The number of hydrogen-bond donors (Lipinski definition) is 0. The fourth-order valence-corrected chi connectivity index (χ4v) is 0.659. The SMILES string of the molecule is Cn1ncc([B-](F)(F)F)c1F.[K+]. The zero-order chi connectivity index (χ0) is 8.65. The molecule has 0 radical (unpaired) electrons. The smallest absolute Gasteiger partial charge is 0.445 e. The van der Waals surface area contributed by atoms with Gasteiger partial charge in [0.25, 0.3) is 0 Å². The van der Waals surface area contributed by atoms with E-state index < -0.39 is 18.4 Å². The van der Waals surface area contributed by atoms with Crippen molar-refractivity contribution in [3.8, 4) is 0 Å². The van der Waals surface area contributed by atoms with Crippen LogP contribution in [0.3, 0.4) is 0 Å². The molecule has 0 fully saturated rings. The Kier molecular flexibility index (Phi) is 4.45. The average molecular weight is 206 g/mol. The molecule has 62 valence electrons. The molecule has 0 aliphatic rings. The average Bonchev–Trinajstić information content (AvgIpc) is 2.11. The minimum absolute atomic E-state index is 0. The molecule has 0 bridgehead atoms. The topological polar surface area (TPSA) is 17.8 Å². The summed E-state index contributed by atoms with van der Waals surface area (Å²) >= 11 is 0. The molecule has 0 amide bonds. The fraction of sp³-hybridized carbons (Fsp3) is 0.250. The molecule has 1 rings (SSSR count). The van der Waals surface area contributed by atoms with Gasteiger partial charge in [-0.25, -0.2) is 4.68 Å². The molecule has 1 aromatic heterocycles. The van der Waals surface area contributed by atoms with E-state index >= 15 is 0 Å². The number of halogens is 4. The molecular weight excluding hydrogens is 202 g/mol. The molecule has 0 saturated carbocycles. The number of rotatable bonds is 1. The molecule has 1 heterocycles. The second kappa shape index (κ2) is 4.23. The van der Waals surface area contributed by atoms with Crippen molar-refractivity contribution >= 4 is 12.4 Å². The maximum absolute atomic E-state index is 12.5. The van der Waals surface area contributed by atoms with Crippen molar-refractivity contribution in [1.29, 1.82) is 0 Å². The van der Waals surface area contributed by atoms with Gasteiger partial charge >= 0.3 is 58.4 Å². The van der Waals surface area contributed by atoms with Crippen LogP contribution >= 0.6 is 0 Å². The van der Waals surface area contributed by atoms with Crippen molar-refractivity contribution in [2.75, 3.05) is 0 Å². The van der Waals surface area contributed by atoms with Gasteiger partial charge in [-0.05, 0) is 5.46 Å². The van der Waals surface area contributed by atoms with Crippen LogP contribution in [-0.4, -0.2) is 16.8 Å². The van der Waals surface area contributed by atoms with E-state index in [4.69, 9.17) is 0 Å². The van der Waals surface area contributed by atoms with Gasteiger partial charge in [-0.2, -0.15) is 9.49 Å². The molecule has 0 aromatic carbocycles. The van der Waals surface area contributed by atoms with Crippen molar-refractivity contribution < 1.29 is 68.7 Å². The predicted octanol–water partition coefficient (Wildman–Crippen LogP) is -2.38. The molecule has 0 aliphatic carbocycles. The van der Waals surface area contributed by atoms with Crippen LogP contribution in [0.2, 0.25) is 0 Å². The minimum atomic E-state index is -5.27. The third-order valence-corrected chi connectivity index (χ3v) is 1.24. The van der Waals surface area contributed by atoms with Crippen LogP contribution in [0.25, 0.3) is 0 Å². The predicted molar refractivity (Wildman–Crippen MR) is 31.9 cm³/mol. The normalized spacial score (nSPS) is 11.1. The fourth-order valence-electron chi connectivity index (χ4n) is 0.659. The molecule has 2 nitrogen and oxygen atoms in total. The van der Waals surface area contributed by atoms with Crippen LogP contribution in [0.5, 0.6) is 0 Å². The summed E-state index contributed by atoms with van der Waals surface area (Å²) in [5, 5.41) is 3.12. The van der Waals surface area contributed by atoms with E-state index in [0.29, 0.717) is 10.9 Å². The molecule has 0 unspecified atom stereocenters. The van der Waals surface area contributed by atoms with Crippen molar-refractivity contribution in [2.24, 2.45) is 7.05 Å². The molecular formula is C4H4BF4KN2. The van der Waals surface area contributed by atoms with Crippen LogP contribution in [0.1, 0.15) is 0 Å². The third kappa shape index (κ3) is 2.56. The van der Waals surface area contributed by atoms with E-state index in [9.17, 15) is 17.3 Å². The maximum Gasteiger partial charge on any atom is 1.00 e.